The average Bonchev–Trinajstić information content (AvgIpc) is 2.91. The quantitative estimate of drug-likeness (QED) is 0.782. The van der Waals surface area contributed by atoms with Crippen molar-refractivity contribution < 1.29 is 4.79 Å². The molecule has 1 fully saturated rings. The van der Waals surface area contributed by atoms with Crippen LogP contribution >= 0.6 is 11.3 Å². The van der Waals surface area contributed by atoms with Crippen LogP contribution in [-0.2, 0) is 4.79 Å². The highest BCUT2D eigenvalue weighted by Gasteiger charge is 2.20. The van der Waals surface area contributed by atoms with Gasteiger partial charge in [0.15, 0.2) is 0 Å². The molecule has 0 radical (unpaired) electrons. The first-order valence-corrected chi connectivity index (χ1v) is 7.32. The second-order valence-electron chi connectivity index (χ2n) is 4.57. The van der Waals surface area contributed by atoms with Crippen LogP contribution in [0.2, 0.25) is 0 Å². The van der Waals surface area contributed by atoms with Gasteiger partial charge in [0.05, 0.1) is 0 Å². The van der Waals surface area contributed by atoms with E-state index in [1.54, 1.807) is 11.3 Å². The molecule has 0 aliphatic carbocycles. The average molecular weight is 264 g/mol. The number of amides is 1. The third-order valence-electron chi connectivity index (χ3n) is 3.35. The van der Waals surface area contributed by atoms with E-state index in [2.05, 4.69) is 11.8 Å². The summed E-state index contributed by atoms with van der Waals surface area (Å²) < 4.78 is 0. The molecule has 2 rings (SSSR count). The zero-order chi connectivity index (χ0) is 13.0. The predicted molar refractivity (Wildman–Crippen MR) is 76.7 cm³/mol. The Morgan fingerprint density at radius 3 is 2.67 bits per heavy atom. The molecule has 1 amide bonds. The lowest BCUT2D eigenvalue weighted by molar-refractivity contribution is -0.128. The normalized spacial score (nSPS) is 18.1. The number of piperazine rings is 1. The van der Waals surface area contributed by atoms with Gasteiger partial charge in [-0.05, 0) is 31.0 Å². The lowest BCUT2D eigenvalue weighted by Gasteiger charge is -2.34. The van der Waals surface area contributed by atoms with Gasteiger partial charge < -0.3 is 9.80 Å². The van der Waals surface area contributed by atoms with E-state index in [0.29, 0.717) is 0 Å². The van der Waals surface area contributed by atoms with Crippen molar-refractivity contribution in [2.45, 2.75) is 13.8 Å². The number of rotatable bonds is 3. The Morgan fingerprint density at radius 1 is 1.39 bits per heavy atom. The molecule has 18 heavy (non-hydrogen) atoms. The van der Waals surface area contributed by atoms with Crippen LogP contribution in [0, 0.1) is 0 Å². The minimum Gasteiger partial charge on any atom is -0.336 e. The molecule has 1 aliphatic heterocycles. The number of carbonyl (C=O) groups is 1. The number of thiophene rings is 1. The Morgan fingerprint density at radius 2 is 2.11 bits per heavy atom. The van der Waals surface area contributed by atoms with Crippen molar-refractivity contribution in [3.8, 4) is 0 Å². The second-order valence-corrected chi connectivity index (χ2v) is 5.55. The summed E-state index contributed by atoms with van der Waals surface area (Å²) in [6, 6.07) is 4.05. The maximum Gasteiger partial charge on any atom is 0.249 e. The fourth-order valence-electron chi connectivity index (χ4n) is 2.17. The zero-order valence-electron chi connectivity index (χ0n) is 11.1. The molecule has 1 aromatic heterocycles. The number of carbonyl (C=O) groups excluding carboxylic acids is 1. The van der Waals surface area contributed by atoms with Gasteiger partial charge in [-0.3, -0.25) is 4.79 Å². The lowest BCUT2D eigenvalue weighted by atomic mass is 10.2. The first-order valence-electron chi connectivity index (χ1n) is 6.44. The molecule has 0 N–H and O–H groups in total. The van der Waals surface area contributed by atoms with Gasteiger partial charge in [0.25, 0.3) is 0 Å². The molecular weight excluding hydrogens is 244 g/mol. The molecule has 0 aromatic carbocycles. The van der Waals surface area contributed by atoms with Crippen molar-refractivity contribution in [2.75, 3.05) is 32.7 Å². The first-order chi connectivity index (χ1) is 8.70. The SMILES string of the molecule is CCN1CCN(C(=O)/C(C)=C/c2cccs2)CC1. The Balaban J connectivity index is 1.95. The van der Waals surface area contributed by atoms with E-state index < -0.39 is 0 Å². The van der Waals surface area contributed by atoms with Crippen LogP contribution in [0.1, 0.15) is 18.7 Å². The van der Waals surface area contributed by atoms with E-state index in [0.717, 1.165) is 43.2 Å². The summed E-state index contributed by atoms with van der Waals surface area (Å²) in [5.41, 5.74) is 0.836. The van der Waals surface area contributed by atoms with Gasteiger partial charge in [0.1, 0.15) is 0 Å². The molecule has 3 nitrogen and oxygen atoms in total. The highest BCUT2D eigenvalue weighted by atomic mass is 32.1. The van der Waals surface area contributed by atoms with E-state index in [-0.39, 0.29) is 5.91 Å². The molecule has 0 bridgehead atoms. The minimum absolute atomic E-state index is 0.180. The molecule has 4 heteroatoms. The Kier molecular flexibility index (Phi) is 4.55. The highest BCUT2D eigenvalue weighted by molar-refractivity contribution is 7.10. The molecule has 0 unspecified atom stereocenters. The van der Waals surface area contributed by atoms with Gasteiger partial charge in [0.2, 0.25) is 5.91 Å². The summed E-state index contributed by atoms with van der Waals surface area (Å²) in [7, 11) is 0. The Bertz CT molecular complexity index is 417. The third kappa shape index (κ3) is 3.21. The molecule has 0 atom stereocenters. The second kappa shape index (κ2) is 6.16. The van der Waals surface area contributed by atoms with Gasteiger partial charge in [-0.2, -0.15) is 0 Å². The van der Waals surface area contributed by atoms with Crippen LogP contribution in [0.4, 0.5) is 0 Å². The van der Waals surface area contributed by atoms with Crippen molar-refractivity contribution in [3.05, 3.63) is 28.0 Å². The van der Waals surface area contributed by atoms with E-state index in [1.165, 1.54) is 0 Å². The summed E-state index contributed by atoms with van der Waals surface area (Å²) in [5.74, 6) is 0.180. The van der Waals surface area contributed by atoms with Crippen LogP contribution in [0.5, 0.6) is 0 Å². The molecule has 0 saturated carbocycles. The van der Waals surface area contributed by atoms with Crippen molar-refractivity contribution in [1.29, 1.82) is 0 Å². The molecule has 0 spiro atoms. The van der Waals surface area contributed by atoms with E-state index in [9.17, 15) is 4.79 Å². The first kappa shape index (κ1) is 13.3. The van der Waals surface area contributed by atoms with Crippen LogP contribution in [0.15, 0.2) is 23.1 Å². The molecule has 2 heterocycles. The summed E-state index contributed by atoms with van der Waals surface area (Å²) >= 11 is 1.66. The molecule has 1 aliphatic rings. The van der Waals surface area contributed by atoms with Gasteiger partial charge in [0, 0.05) is 36.6 Å². The van der Waals surface area contributed by atoms with Crippen LogP contribution in [0.3, 0.4) is 0 Å². The largest absolute Gasteiger partial charge is 0.336 e. The van der Waals surface area contributed by atoms with Crippen molar-refractivity contribution in [1.82, 2.24) is 9.80 Å². The van der Waals surface area contributed by atoms with Gasteiger partial charge in [-0.15, -0.1) is 11.3 Å². The number of hydrogen-bond acceptors (Lipinski definition) is 3. The van der Waals surface area contributed by atoms with Crippen molar-refractivity contribution in [3.63, 3.8) is 0 Å². The topological polar surface area (TPSA) is 23.6 Å². The maximum absolute atomic E-state index is 12.3. The van der Waals surface area contributed by atoms with Crippen LogP contribution in [-0.4, -0.2) is 48.4 Å². The maximum atomic E-state index is 12.3. The molecule has 98 valence electrons. The number of nitrogens with zero attached hydrogens (tertiary/aromatic N) is 2. The standard InChI is InChI=1S/C14H20N2OS/c1-3-15-6-8-16(9-7-15)14(17)12(2)11-13-5-4-10-18-13/h4-5,10-11H,3,6-9H2,1-2H3/b12-11+. The van der Waals surface area contributed by atoms with Gasteiger partial charge in [-0.1, -0.05) is 13.0 Å². The number of likely N-dealkylation sites (N-methyl/N-ethyl adjacent to an activating group) is 1. The van der Waals surface area contributed by atoms with Crippen LogP contribution < -0.4 is 0 Å². The Labute approximate surface area is 113 Å². The van der Waals surface area contributed by atoms with E-state index in [4.69, 9.17) is 0 Å². The highest BCUT2D eigenvalue weighted by Crippen LogP contribution is 2.15. The van der Waals surface area contributed by atoms with E-state index in [1.807, 2.05) is 35.4 Å². The molecular formula is C14H20N2OS. The monoisotopic (exact) mass is 264 g/mol. The molecule has 1 saturated heterocycles. The third-order valence-corrected chi connectivity index (χ3v) is 4.17. The summed E-state index contributed by atoms with van der Waals surface area (Å²) in [4.78, 5) is 17.8. The summed E-state index contributed by atoms with van der Waals surface area (Å²) in [6.45, 7) is 8.84. The van der Waals surface area contributed by atoms with E-state index >= 15 is 0 Å². The minimum atomic E-state index is 0.180. The van der Waals surface area contributed by atoms with Crippen molar-refractivity contribution in [2.24, 2.45) is 0 Å². The Hall–Kier alpha value is -1.13. The fraction of sp³-hybridized carbons (Fsp3) is 0.500. The predicted octanol–water partition coefficient (Wildman–Crippen LogP) is 2.32. The summed E-state index contributed by atoms with van der Waals surface area (Å²) in [6.07, 6.45) is 1.99. The lowest BCUT2D eigenvalue weighted by Crippen LogP contribution is -2.48. The number of hydrogen-bond donors (Lipinski definition) is 0. The smallest absolute Gasteiger partial charge is 0.249 e. The summed E-state index contributed by atoms with van der Waals surface area (Å²) in [5, 5.41) is 2.03. The molecule has 1 aromatic rings. The van der Waals surface area contributed by atoms with Gasteiger partial charge >= 0.3 is 0 Å². The van der Waals surface area contributed by atoms with Crippen molar-refractivity contribution >= 4 is 23.3 Å². The van der Waals surface area contributed by atoms with Gasteiger partial charge in [-0.25, -0.2) is 0 Å². The van der Waals surface area contributed by atoms with Crippen LogP contribution in [0.25, 0.3) is 6.08 Å². The fourth-order valence-corrected chi connectivity index (χ4v) is 2.88. The zero-order valence-corrected chi connectivity index (χ0v) is 11.9.